The van der Waals surface area contributed by atoms with Crippen molar-refractivity contribution in [3.63, 3.8) is 0 Å². The number of hydrogen-bond donors (Lipinski definition) is 0. The van der Waals surface area contributed by atoms with Gasteiger partial charge < -0.3 is 0 Å². The Labute approximate surface area is 216 Å². The maximum Gasteiger partial charge on any atom is -0.147 e. The summed E-state index contributed by atoms with van der Waals surface area (Å²) in [6.45, 7) is 0. The minimum Gasteiger partial charge on any atom is -0.147 e. The van der Waals surface area contributed by atoms with Gasteiger partial charge in [0, 0.05) is 0 Å². The van der Waals surface area contributed by atoms with Crippen molar-refractivity contribution in [1.82, 2.24) is 0 Å². The van der Waals surface area contributed by atoms with Gasteiger partial charge in [-0.2, -0.15) is 0 Å². The molecule has 0 spiro atoms. The Morgan fingerprint density at radius 1 is 0.545 bits per heavy atom. The molecule has 0 bridgehead atoms. The summed E-state index contributed by atoms with van der Waals surface area (Å²) in [6, 6.07) is 19.1. The first-order valence-electron chi connectivity index (χ1n) is 13.0. The number of fused-ring (bicyclic) bond motifs is 2. The van der Waals surface area contributed by atoms with E-state index in [4.69, 9.17) is 0 Å². The monoisotopic (exact) mass is 646 g/mol. The zero-order valence-electron chi connectivity index (χ0n) is 19.5. The van der Waals surface area contributed by atoms with Crippen LogP contribution in [0.1, 0.15) is 81.0 Å². The maximum absolute atomic E-state index is 2.69. The van der Waals surface area contributed by atoms with Gasteiger partial charge in [-0.05, 0) is 0 Å². The van der Waals surface area contributed by atoms with Gasteiger partial charge >= 0.3 is 193 Å². The first-order valence-corrected chi connectivity index (χ1v) is 22.2. The standard InChI is InChI=1S/2C14H15.C2H4.2ClH.Hf/c2*1-2-6-11(5-1)14-9-12-7-3-4-8-13(12)10-14;1-2;;;/h2*3-4,7-11H,1-2,5-6H2;1-2H2;2*1H;. The summed E-state index contributed by atoms with van der Waals surface area (Å²) in [7, 11) is 0. The molecular weight excluding hydrogens is 610 g/mol. The molecule has 1 saturated heterocycles. The van der Waals surface area contributed by atoms with Gasteiger partial charge in [0.15, 0.2) is 0 Å². The normalized spacial score (nSPS) is 27.3. The molecule has 2 aromatic carbocycles. The zero-order chi connectivity index (χ0) is 20.4. The average Bonchev–Trinajstić information content (AvgIpc) is 3.34. The smallest absolute Gasteiger partial charge is 0.147 e. The van der Waals surface area contributed by atoms with Crippen molar-refractivity contribution in [3.05, 3.63) is 81.9 Å². The van der Waals surface area contributed by atoms with Gasteiger partial charge in [-0.1, -0.05) is 0 Å². The van der Waals surface area contributed by atoms with E-state index in [0.29, 0.717) is 0 Å². The van der Waals surface area contributed by atoms with E-state index in [1.165, 1.54) is 51.4 Å². The third-order valence-corrected chi connectivity index (χ3v) is 28.4. The van der Waals surface area contributed by atoms with Gasteiger partial charge in [0.25, 0.3) is 0 Å². The molecule has 2 saturated carbocycles. The van der Waals surface area contributed by atoms with E-state index in [9.17, 15) is 0 Å². The van der Waals surface area contributed by atoms with Gasteiger partial charge in [0.1, 0.15) is 0 Å². The number of halogens is 2. The van der Waals surface area contributed by atoms with Crippen molar-refractivity contribution in [2.75, 3.05) is 0 Å². The van der Waals surface area contributed by atoms with Crippen LogP contribution in [0.5, 0.6) is 0 Å². The first kappa shape index (κ1) is 24.1. The van der Waals surface area contributed by atoms with Gasteiger partial charge in [-0.25, -0.2) is 0 Å². The molecule has 2 atom stereocenters. The van der Waals surface area contributed by atoms with E-state index in [1.807, 2.05) is 11.1 Å². The Morgan fingerprint density at radius 2 is 0.939 bits per heavy atom. The third kappa shape index (κ3) is 3.80. The minimum absolute atomic E-state index is 0. The predicted octanol–water partition coefficient (Wildman–Crippen LogP) is 9.49. The molecule has 0 nitrogen and oxygen atoms in total. The topological polar surface area (TPSA) is 0 Å². The molecule has 0 aromatic heterocycles. The van der Waals surface area contributed by atoms with Crippen molar-refractivity contribution in [1.29, 1.82) is 0 Å². The molecular formula is C30H36Cl2Hf. The van der Waals surface area contributed by atoms with Crippen molar-refractivity contribution >= 4 is 37.0 Å². The molecule has 2 aromatic rings. The fourth-order valence-corrected chi connectivity index (χ4v) is 36.4. The third-order valence-electron chi connectivity index (χ3n) is 9.56. The van der Waals surface area contributed by atoms with Crippen LogP contribution in [0.4, 0.5) is 0 Å². The number of allylic oxidation sites excluding steroid dienone is 2. The summed E-state index contributed by atoms with van der Waals surface area (Å²) in [4.78, 5) is 0. The van der Waals surface area contributed by atoms with Crippen LogP contribution in [0, 0.1) is 11.8 Å². The molecule has 4 aliphatic carbocycles. The van der Waals surface area contributed by atoms with Gasteiger partial charge in [0.05, 0.1) is 0 Å². The van der Waals surface area contributed by atoms with Crippen LogP contribution in [0.25, 0.3) is 12.2 Å². The Morgan fingerprint density at radius 3 is 1.33 bits per heavy atom. The molecule has 2 unspecified atom stereocenters. The van der Waals surface area contributed by atoms with Crippen molar-refractivity contribution in [2.45, 2.75) is 67.1 Å². The molecule has 0 N–H and O–H groups in total. The van der Waals surface area contributed by atoms with Crippen LogP contribution < -0.4 is 0 Å². The number of benzene rings is 2. The Balaban J connectivity index is 0.00000114. The zero-order valence-corrected chi connectivity index (χ0v) is 24.7. The van der Waals surface area contributed by atoms with Crippen molar-refractivity contribution in [2.24, 2.45) is 11.8 Å². The van der Waals surface area contributed by atoms with E-state index < -0.39 is 20.0 Å². The molecule has 5 aliphatic rings. The Hall–Kier alpha value is -0.630. The second kappa shape index (κ2) is 9.44. The van der Waals surface area contributed by atoms with Crippen LogP contribution in [0.3, 0.4) is 0 Å². The quantitative estimate of drug-likeness (QED) is 0.291. The van der Waals surface area contributed by atoms with Crippen LogP contribution in [0.15, 0.2) is 59.7 Å². The molecule has 0 radical (unpaired) electrons. The Bertz CT molecular complexity index is 1000. The van der Waals surface area contributed by atoms with E-state index in [0.717, 1.165) is 19.2 Å². The fourth-order valence-electron chi connectivity index (χ4n) is 8.09. The molecule has 1 aliphatic heterocycles. The summed E-state index contributed by atoms with van der Waals surface area (Å²) in [6.07, 6.45) is 17.0. The average molecular weight is 646 g/mol. The van der Waals surface area contributed by atoms with E-state index >= 15 is 0 Å². The first-order chi connectivity index (χ1) is 15.4. The van der Waals surface area contributed by atoms with Crippen molar-refractivity contribution < 1.29 is 20.0 Å². The summed E-state index contributed by atoms with van der Waals surface area (Å²) < 4.78 is 4.98. The largest absolute Gasteiger partial charge is 0.147 e. The maximum atomic E-state index is 2.69. The van der Waals surface area contributed by atoms with Gasteiger partial charge in [-0.15, -0.1) is 24.8 Å². The second-order valence-electron chi connectivity index (χ2n) is 11.1. The van der Waals surface area contributed by atoms with Crippen LogP contribution in [-0.4, -0.2) is 0 Å². The molecule has 174 valence electrons. The molecule has 3 heteroatoms. The van der Waals surface area contributed by atoms with Gasteiger partial charge in [0.2, 0.25) is 0 Å². The second-order valence-corrected chi connectivity index (χ2v) is 27.7. The molecule has 1 heterocycles. The molecule has 33 heavy (non-hydrogen) atoms. The molecule has 3 fully saturated rings. The van der Waals surface area contributed by atoms with Crippen molar-refractivity contribution in [3.8, 4) is 0 Å². The van der Waals surface area contributed by atoms with Gasteiger partial charge in [-0.3, -0.25) is 0 Å². The van der Waals surface area contributed by atoms with Crippen LogP contribution >= 0.6 is 24.8 Å². The summed E-state index contributed by atoms with van der Waals surface area (Å²) in [5.41, 5.74) is 10.5. The summed E-state index contributed by atoms with van der Waals surface area (Å²) >= 11 is -2.63. The molecule has 7 rings (SSSR count). The number of hydrogen-bond acceptors (Lipinski definition) is 0. The summed E-state index contributed by atoms with van der Waals surface area (Å²) in [5.74, 6) is 1.76. The van der Waals surface area contributed by atoms with E-state index in [-0.39, 0.29) is 24.8 Å². The van der Waals surface area contributed by atoms with E-state index in [1.54, 1.807) is 30.6 Å². The van der Waals surface area contributed by atoms with Crippen LogP contribution in [0.2, 0.25) is 8.35 Å². The SMILES string of the molecule is C1=C(C2CCCC2)[CH]([Hf]2([CH]3C(C4CCCC4)=Cc4ccccc43)[CH2][CH2]2)c2ccccc21.Cl.Cl. The fraction of sp³-hybridized carbons (Fsp3) is 0.467. The number of rotatable bonds is 4. The summed E-state index contributed by atoms with van der Waals surface area (Å²) in [5, 5.41) is 0. The van der Waals surface area contributed by atoms with E-state index in [2.05, 4.69) is 60.7 Å². The predicted molar refractivity (Wildman–Crippen MR) is 142 cm³/mol. The minimum atomic E-state index is -2.63. The molecule has 0 amide bonds. The Kier molecular flexibility index (Phi) is 6.89. The van der Waals surface area contributed by atoms with Crippen LogP contribution in [-0.2, 0) is 20.0 Å².